The maximum absolute atomic E-state index is 13.0. The fraction of sp³-hybridized carbons (Fsp3) is 0.150. The lowest BCUT2D eigenvalue weighted by Gasteiger charge is -2.29. The van der Waals surface area contributed by atoms with Crippen molar-refractivity contribution in [3.8, 4) is 0 Å². The van der Waals surface area contributed by atoms with Crippen LogP contribution in [0.3, 0.4) is 0 Å². The van der Waals surface area contributed by atoms with Crippen molar-refractivity contribution in [2.24, 2.45) is 0 Å². The van der Waals surface area contributed by atoms with Crippen molar-refractivity contribution in [2.75, 3.05) is 4.90 Å². The number of amides is 4. The third-order valence-corrected chi connectivity index (χ3v) is 4.67. The second kappa shape index (κ2) is 6.88. The van der Waals surface area contributed by atoms with E-state index in [4.69, 9.17) is 0 Å². The number of hydrogen-bond acceptors (Lipinski definition) is 3. The van der Waals surface area contributed by atoms with Gasteiger partial charge in [0.2, 0.25) is 0 Å². The minimum atomic E-state index is -0.733. The zero-order valence-corrected chi connectivity index (χ0v) is 16.2. The molecule has 1 aliphatic heterocycles. The van der Waals surface area contributed by atoms with Gasteiger partial charge in [-0.15, -0.1) is 0 Å². The zero-order chi connectivity index (χ0) is 19.0. The fourth-order valence-corrected chi connectivity index (χ4v) is 3.38. The van der Waals surface area contributed by atoms with E-state index in [1.807, 2.05) is 45.0 Å². The molecule has 3 rings (SSSR count). The molecule has 2 aromatic carbocycles. The van der Waals surface area contributed by atoms with Crippen LogP contribution >= 0.6 is 15.9 Å². The molecular weight excluding hydrogens is 396 g/mol. The van der Waals surface area contributed by atoms with E-state index in [2.05, 4.69) is 21.2 Å². The van der Waals surface area contributed by atoms with E-state index in [0.717, 1.165) is 26.1 Å². The van der Waals surface area contributed by atoms with E-state index in [1.54, 1.807) is 12.1 Å². The van der Waals surface area contributed by atoms with E-state index >= 15 is 0 Å². The number of nitrogens with zero attached hydrogens (tertiary/aromatic N) is 1. The number of carbonyl (C=O) groups excluding carboxylic acids is 3. The van der Waals surface area contributed by atoms with Gasteiger partial charge in [0.25, 0.3) is 11.8 Å². The molecule has 0 aromatic heterocycles. The average Bonchev–Trinajstić information content (AvgIpc) is 2.55. The summed E-state index contributed by atoms with van der Waals surface area (Å²) in [6.07, 6.45) is 1.49. The fourth-order valence-electron chi connectivity index (χ4n) is 3.11. The van der Waals surface area contributed by atoms with Gasteiger partial charge in [0.05, 0.1) is 5.69 Å². The molecule has 132 valence electrons. The first-order valence-electron chi connectivity index (χ1n) is 8.03. The largest absolute Gasteiger partial charge is 0.335 e. The monoisotopic (exact) mass is 412 g/mol. The van der Waals surface area contributed by atoms with Crippen LogP contribution < -0.4 is 10.2 Å². The molecule has 0 aliphatic carbocycles. The van der Waals surface area contributed by atoms with E-state index in [1.165, 1.54) is 6.08 Å². The number of anilines is 1. The van der Waals surface area contributed by atoms with Crippen molar-refractivity contribution in [3.63, 3.8) is 0 Å². The second-order valence-corrected chi connectivity index (χ2v) is 7.17. The Kier molecular flexibility index (Phi) is 4.78. The van der Waals surface area contributed by atoms with Crippen molar-refractivity contribution < 1.29 is 14.4 Å². The molecule has 0 spiro atoms. The highest BCUT2D eigenvalue weighted by molar-refractivity contribution is 9.10. The third-order valence-electron chi connectivity index (χ3n) is 4.14. The number of aryl methyl sites for hydroxylation is 3. The molecule has 0 bridgehead atoms. The van der Waals surface area contributed by atoms with E-state index in [9.17, 15) is 14.4 Å². The van der Waals surface area contributed by atoms with Gasteiger partial charge < -0.3 is 0 Å². The number of urea groups is 1. The molecule has 0 radical (unpaired) electrons. The second-order valence-electron chi connectivity index (χ2n) is 6.26. The van der Waals surface area contributed by atoms with E-state index in [0.29, 0.717) is 11.3 Å². The first kappa shape index (κ1) is 18.1. The molecule has 2 aromatic rings. The number of barbiturate groups is 1. The lowest BCUT2D eigenvalue weighted by atomic mass is 10.0. The molecule has 6 heteroatoms. The molecule has 1 aliphatic rings. The van der Waals surface area contributed by atoms with Gasteiger partial charge in [-0.25, -0.2) is 9.69 Å². The van der Waals surface area contributed by atoms with E-state index in [-0.39, 0.29) is 5.57 Å². The lowest BCUT2D eigenvalue weighted by molar-refractivity contribution is -0.122. The van der Waals surface area contributed by atoms with Crippen LogP contribution in [0.2, 0.25) is 0 Å². The Morgan fingerprint density at radius 3 is 2.12 bits per heavy atom. The molecule has 0 atom stereocenters. The van der Waals surface area contributed by atoms with Crippen LogP contribution in [0.25, 0.3) is 6.08 Å². The Hall–Kier alpha value is -2.73. The van der Waals surface area contributed by atoms with Crippen molar-refractivity contribution in [1.82, 2.24) is 5.32 Å². The molecule has 26 heavy (non-hydrogen) atoms. The maximum atomic E-state index is 13.0. The topological polar surface area (TPSA) is 66.5 Å². The van der Waals surface area contributed by atoms with E-state index < -0.39 is 17.8 Å². The number of carbonyl (C=O) groups is 3. The summed E-state index contributed by atoms with van der Waals surface area (Å²) in [7, 11) is 0. The van der Waals surface area contributed by atoms with Crippen LogP contribution in [-0.2, 0) is 9.59 Å². The Morgan fingerprint density at radius 2 is 1.54 bits per heavy atom. The van der Waals surface area contributed by atoms with Crippen molar-refractivity contribution in [1.29, 1.82) is 0 Å². The number of halogens is 1. The average molecular weight is 413 g/mol. The van der Waals surface area contributed by atoms with Gasteiger partial charge in [-0.3, -0.25) is 14.9 Å². The summed E-state index contributed by atoms with van der Waals surface area (Å²) in [5.74, 6) is -1.32. The number of imide groups is 2. The SMILES string of the molecule is Cc1cc(C)c(N2C(=O)NC(=O)C(=Cc3ccc(Br)cc3)C2=O)c(C)c1. The van der Waals surface area contributed by atoms with Gasteiger partial charge in [-0.05, 0) is 55.7 Å². The zero-order valence-electron chi connectivity index (χ0n) is 14.6. The molecule has 5 nitrogen and oxygen atoms in total. The molecule has 1 fully saturated rings. The summed E-state index contributed by atoms with van der Waals surface area (Å²) in [6.45, 7) is 5.62. The quantitative estimate of drug-likeness (QED) is 0.597. The van der Waals surface area contributed by atoms with Crippen LogP contribution in [0, 0.1) is 20.8 Å². The Bertz CT molecular complexity index is 939. The Labute approximate surface area is 159 Å². The number of nitrogens with one attached hydrogen (secondary N) is 1. The predicted molar refractivity (Wildman–Crippen MR) is 104 cm³/mol. The van der Waals surface area contributed by atoms with Crippen molar-refractivity contribution >= 4 is 45.5 Å². The van der Waals surface area contributed by atoms with Gasteiger partial charge >= 0.3 is 6.03 Å². The first-order chi connectivity index (χ1) is 12.3. The first-order valence-corrected chi connectivity index (χ1v) is 8.82. The summed E-state index contributed by atoms with van der Waals surface area (Å²) in [5, 5.41) is 2.26. The number of rotatable bonds is 2. The number of benzene rings is 2. The standard InChI is InChI=1S/C20H17BrN2O3/c1-11-8-12(2)17(13(3)9-11)23-19(25)16(18(24)22-20(23)26)10-14-4-6-15(21)7-5-14/h4-10H,1-3H3,(H,22,24,26). The van der Waals surface area contributed by atoms with Gasteiger partial charge in [-0.1, -0.05) is 45.8 Å². The Balaban J connectivity index is 2.08. The summed E-state index contributed by atoms with van der Waals surface area (Å²) < 4.78 is 0.891. The highest BCUT2D eigenvalue weighted by Crippen LogP contribution is 2.29. The Morgan fingerprint density at radius 1 is 0.962 bits per heavy atom. The third kappa shape index (κ3) is 3.32. The number of hydrogen-bond donors (Lipinski definition) is 1. The van der Waals surface area contributed by atoms with Gasteiger partial charge in [0.1, 0.15) is 5.57 Å². The minimum absolute atomic E-state index is 0.0775. The summed E-state index contributed by atoms with van der Waals surface area (Å²) in [4.78, 5) is 38.6. The predicted octanol–water partition coefficient (Wildman–Crippen LogP) is 4.04. The normalized spacial score (nSPS) is 16.2. The highest BCUT2D eigenvalue weighted by atomic mass is 79.9. The van der Waals surface area contributed by atoms with Crippen LogP contribution in [0.5, 0.6) is 0 Å². The van der Waals surface area contributed by atoms with Crippen molar-refractivity contribution in [2.45, 2.75) is 20.8 Å². The molecule has 1 heterocycles. The smallest absolute Gasteiger partial charge is 0.273 e. The molecule has 1 saturated heterocycles. The molecule has 4 amide bonds. The van der Waals surface area contributed by atoms with Crippen LogP contribution in [0.1, 0.15) is 22.3 Å². The van der Waals surface area contributed by atoms with Gasteiger partial charge in [-0.2, -0.15) is 0 Å². The molecular formula is C20H17BrN2O3. The summed E-state index contributed by atoms with van der Waals surface area (Å²) >= 11 is 3.34. The highest BCUT2D eigenvalue weighted by Gasteiger charge is 2.38. The van der Waals surface area contributed by atoms with Crippen LogP contribution in [-0.4, -0.2) is 17.8 Å². The summed E-state index contributed by atoms with van der Waals surface area (Å²) in [5.41, 5.74) is 3.75. The van der Waals surface area contributed by atoms with Gasteiger partial charge in [0, 0.05) is 4.47 Å². The lowest BCUT2D eigenvalue weighted by Crippen LogP contribution is -2.54. The van der Waals surface area contributed by atoms with Crippen LogP contribution in [0.4, 0.5) is 10.5 Å². The van der Waals surface area contributed by atoms with Crippen molar-refractivity contribution in [3.05, 3.63) is 68.7 Å². The molecule has 0 unspecified atom stereocenters. The maximum Gasteiger partial charge on any atom is 0.335 e. The molecule has 0 saturated carbocycles. The minimum Gasteiger partial charge on any atom is -0.273 e. The molecule has 1 N–H and O–H groups in total. The van der Waals surface area contributed by atoms with Gasteiger partial charge in [0.15, 0.2) is 0 Å². The van der Waals surface area contributed by atoms with Crippen LogP contribution in [0.15, 0.2) is 46.4 Å². The summed E-state index contributed by atoms with van der Waals surface area (Å²) in [6, 6.07) is 10.3.